The lowest BCUT2D eigenvalue weighted by atomic mass is 9.85. The fourth-order valence-electron chi connectivity index (χ4n) is 4.32. The van der Waals surface area contributed by atoms with Crippen LogP contribution in [0.5, 0.6) is 0 Å². The Morgan fingerprint density at radius 2 is 1.50 bits per heavy atom. The van der Waals surface area contributed by atoms with Gasteiger partial charge in [-0.1, -0.05) is 70.3 Å². The van der Waals surface area contributed by atoms with E-state index in [2.05, 4.69) is 6.92 Å². The molecule has 0 aromatic rings. The van der Waals surface area contributed by atoms with Gasteiger partial charge in [0.05, 0.1) is 0 Å². The van der Waals surface area contributed by atoms with Gasteiger partial charge in [0.2, 0.25) is 0 Å². The minimum atomic E-state index is 0.368. The second kappa shape index (κ2) is 6.39. The van der Waals surface area contributed by atoms with Crippen LogP contribution in [0, 0.1) is 17.8 Å². The monoisotopic (exact) mass is 254 g/mol. The summed E-state index contributed by atoms with van der Waals surface area (Å²) in [6.07, 6.45) is 14.1. The minimum Gasteiger partial charge on any atom is -0.0622 e. The summed E-state index contributed by atoms with van der Waals surface area (Å²) < 4.78 is 0. The average molecular weight is 255 g/mol. The molecule has 0 aliphatic heterocycles. The van der Waals surface area contributed by atoms with Crippen molar-refractivity contribution in [2.75, 3.05) is 0 Å². The molecule has 2 fully saturated rings. The molecular formula is C14H30Si2. The molecule has 2 rings (SSSR count). The van der Waals surface area contributed by atoms with E-state index in [1.54, 1.807) is 54.7 Å². The van der Waals surface area contributed by atoms with Crippen molar-refractivity contribution < 1.29 is 0 Å². The summed E-state index contributed by atoms with van der Waals surface area (Å²) in [5, 5.41) is 0. The standard InChI is InChI=1S/C14H30Si2/c1-11(12-6-2-3-7-12)10-14(16-15)13-8-4-5-9-13/h11-14H,2-10,16H2,1,15H3. The van der Waals surface area contributed by atoms with Crippen LogP contribution >= 0.6 is 0 Å². The summed E-state index contributed by atoms with van der Waals surface area (Å²) in [7, 11) is 1.93. The lowest BCUT2D eigenvalue weighted by Gasteiger charge is -2.28. The molecule has 94 valence electrons. The minimum absolute atomic E-state index is 0.368. The molecular weight excluding hydrogens is 224 g/mol. The summed E-state index contributed by atoms with van der Waals surface area (Å²) in [4.78, 5) is 0. The Morgan fingerprint density at radius 3 is 2.00 bits per heavy atom. The first kappa shape index (κ1) is 12.9. The van der Waals surface area contributed by atoms with Gasteiger partial charge in [-0.3, -0.25) is 0 Å². The number of rotatable bonds is 5. The zero-order chi connectivity index (χ0) is 11.4. The second-order valence-corrected chi connectivity index (χ2v) is 10.8. The molecule has 0 N–H and O–H groups in total. The Labute approximate surface area is 107 Å². The first-order valence-electron chi connectivity index (χ1n) is 7.81. The Balaban J connectivity index is 1.80. The summed E-state index contributed by atoms with van der Waals surface area (Å²) >= 11 is 0. The first-order valence-corrected chi connectivity index (χ1v) is 14.3. The van der Waals surface area contributed by atoms with Gasteiger partial charge in [0.15, 0.2) is 0 Å². The zero-order valence-corrected chi connectivity index (χ0v) is 14.8. The quantitative estimate of drug-likeness (QED) is 0.662. The predicted molar refractivity (Wildman–Crippen MR) is 79.9 cm³/mol. The van der Waals surface area contributed by atoms with Gasteiger partial charge in [-0.15, -0.1) is 0 Å². The Hall–Kier alpha value is 0.434. The van der Waals surface area contributed by atoms with E-state index in [9.17, 15) is 0 Å². The number of hydrogen-bond donors (Lipinski definition) is 0. The van der Waals surface area contributed by atoms with E-state index in [0.29, 0.717) is 9.04 Å². The highest BCUT2D eigenvalue weighted by atomic mass is 29.1. The van der Waals surface area contributed by atoms with Crippen LogP contribution in [0.25, 0.3) is 0 Å². The lowest BCUT2D eigenvalue weighted by molar-refractivity contribution is 0.312. The van der Waals surface area contributed by atoms with Crippen molar-refractivity contribution in [3.63, 3.8) is 0 Å². The van der Waals surface area contributed by atoms with Gasteiger partial charge in [0.1, 0.15) is 0 Å². The molecule has 0 bridgehead atoms. The van der Waals surface area contributed by atoms with Gasteiger partial charge < -0.3 is 0 Å². The van der Waals surface area contributed by atoms with E-state index in [1.807, 2.05) is 0 Å². The smallest absolute Gasteiger partial charge is 0.00831 e. The SMILES string of the molecule is CC(CC([SiH2][SiH3])C1CCCC1)C1CCCC1. The van der Waals surface area contributed by atoms with Crippen LogP contribution in [-0.4, -0.2) is 18.8 Å². The zero-order valence-electron chi connectivity index (χ0n) is 11.4. The summed E-state index contributed by atoms with van der Waals surface area (Å²) in [5.41, 5.74) is 1.25. The number of hydrogen-bond acceptors (Lipinski definition) is 0. The molecule has 16 heavy (non-hydrogen) atoms. The summed E-state index contributed by atoms with van der Waals surface area (Å²) in [6.45, 7) is 2.57. The maximum Gasteiger partial charge on any atom is 0.00831 e. The molecule has 0 spiro atoms. The van der Waals surface area contributed by atoms with Crippen molar-refractivity contribution in [1.29, 1.82) is 0 Å². The molecule has 0 radical (unpaired) electrons. The van der Waals surface area contributed by atoms with Crippen LogP contribution in [0.4, 0.5) is 0 Å². The van der Waals surface area contributed by atoms with Crippen molar-refractivity contribution >= 4 is 18.8 Å². The highest BCUT2D eigenvalue weighted by Gasteiger charge is 2.28. The largest absolute Gasteiger partial charge is 0.0622 e. The molecule has 0 saturated heterocycles. The van der Waals surface area contributed by atoms with Crippen LogP contribution in [0.15, 0.2) is 0 Å². The molecule has 0 nitrogen and oxygen atoms in total. The van der Waals surface area contributed by atoms with Gasteiger partial charge >= 0.3 is 0 Å². The van der Waals surface area contributed by atoms with Gasteiger partial charge in [0.25, 0.3) is 0 Å². The van der Waals surface area contributed by atoms with Crippen LogP contribution in [0.1, 0.15) is 64.7 Å². The van der Waals surface area contributed by atoms with Crippen molar-refractivity contribution in [3.05, 3.63) is 0 Å². The first-order chi connectivity index (χ1) is 7.81. The van der Waals surface area contributed by atoms with Crippen molar-refractivity contribution in [1.82, 2.24) is 0 Å². The van der Waals surface area contributed by atoms with Crippen LogP contribution in [0.3, 0.4) is 0 Å². The topological polar surface area (TPSA) is 0 Å². The van der Waals surface area contributed by atoms with E-state index >= 15 is 0 Å². The van der Waals surface area contributed by atoms with Crippen molar-refractivity contribution in [3.8, 4) is 0 Å². The molecule has 0 aromatic carbocycles. The molecule has 2 aliphatic carbocycles. The summed E-state index contributed by atoms with van der Waals surface area (Å²) in [6, 6.07) is 0. The molecule has 2 aliphatic rings. The van der Waals surface area contributed by atoms with E-state index in [4.69, 9.17) is 0 Å². The molecule has 2 saturated carbocycles. The molecule has 0 heterocycles. The fourth-order valence-corrected chi connectivity index (χ4v) is 9.31. The maximum absolute atomic E-state index is 2.57. The Bertz CT molecular complexity index is 193. The fraction of sp³-hybridized carbons (Fsp3) is 1.00. The molecule has 2 atom stereocenters. The normalized spacial score (nSPS) is 28.3. The lowest BCUT2D eigenvalue weighted by Crippen LogP contribution is -2.19. The maximum atomic E-state index is 2.57. The average Bonchev–Trinajstić information content (AvgIpc) is 2.96. The van der Waals surface area contributed by atoms with Gasteiger partial charge in [0, 0.05) is 9.04 Å². The Morgan fingerprint density at radius 1 is 1.00 bits per heavy atom. The van der Waals surface area contributed by atoms with Gasteiger partial charge in [-0.25, -0.2) is 0 Å². The van der Waals surface area contributed by atoms with Crippen LogP contribution in [-0.2, 0) is 0 Å². The molecule has 0 amide bonds. The van der Waals surface area contributed by atoms with E-state index in [-0.39, 0.29) is 0 Å². The second-order valence-electron chi connectivity index (χ2n) is 6.47. The predicted octanol–water partition coefficient (Wildman–Crippen LogP) is 2.63. The van der Waals surface area contributed by atoms with Crippen molar-refractivity contribution in [2.45, 2.75) is 70.3 Å². The third kappa shape index (κ3) is 3.22. The Kier molecular flexibility index (Phi) is 5.14. The highest BCUT2D eigenvalue weighted by Crippen LogP contribution is 2.41. The van der Waals surface area contributed by atoms with E-state index in [1.165, 1.54) is 24.3 Å². The van der Waals surface area contributed by atoms with Gasteiger partial charge in [-0.05, 0) is 27.5 Å². The molecule has 2 unspecified atom stereocenters. The molecule has 0 aromatic heterocycles. The van der Waals surface area contributed by atoms with Crippen LogP contribution < -0.4 is 0 Å². The van der Waals surface area contributed by atoms with Crippen LogP contribution in [0.2, 0.25) is 5.54 Å². The highest BCUT2D eigenvalue weighted by molar-refractivity contribution is 6.90. The van der Waals surface area contributed by atoms with Crippen molar-refractivity contribution in [2.24, 2.45) is 17.8 Å². The molecule has 2 heteroatoms. The third-order valence-corrected chi connectivity index (χ3v) is 10.7. The third-order valence-electron chi connectivity index (χ3n) is 5.47. The van der Waals surface area contributed by atoms with Gasteiger partial charge in [-0.2, -0.15) is 0 Å². The van der Waals surface area contributed by atoms with E-state index < -0.39 is 0 Å². The van der Waals surface area contributed by atoms with E-state index in [0.717, 1.165) is 11.8 Å². The summed E-state index contributed by atoms with van der Waals surface area (Å²) in [5.74, 6) is 3.37.